The van der Waals surface area contributed by atoms with Crippen LogP contribution >= 0.6 is 11.6 Å². The van der Waals surface area contributed by atoms with E-state index in [1.165, 1.54) is 22.3 Å². The van der Waals surface area contributed by atoms with Crippen LogP contribution in [-0.4, -0.2) is 0 Å². The summed E-state index contributed by atoms with van der Waals surface area (Å²) in [5.74, 6) is 0. The van der Waals surface area contributed by atoms with Crippen LogP contribution in [0.15, 0.2) is 6.08 Å². The van der Waals surface area contributed by atoms with Crippen molar-refractivity contribution >= 4 is 17.7 Å². The van der Waals surface area contributed by atoms with E-state index in [9.17, 15) is 0 Å². The van der Waals surface area contributed by atoms with Crippen LogP contribution in [0.1, 0.15) is 66.5 Å². The van der Waals surface area contributed by atoms with E-state index in [2.05, 4.69) is 39.8 Å². The number of allylic oxidation sites excluding steroid dienone is 1. The largest absolute Gasteiger partial charge is 0.113 e. The first kappa shape index (κ1) is 13.7. The molecule has 0 saturated carbocycles. The highest BCUT2D eigenvalue weighted by atomic mass is 35.5. The molecule has 0 aromatic heterocycles. The Morgan fingerprint density at radius 2 is 1.33 bits per heavy atom. The van der Waals surface area contributed by atoms with Crippen LogP contribution in [0, 0.1) is 0 Å². The average Bonchev–Trinajstić information content (AvgIpc) is 2.77. The number of benzene rings is 1. The Labute approximate surface area is 116 Å². The van der Waals surface area contributed by atoms with E-state index in [0.29, 0.717) is 0 Å². The van der Waals surface area contributed by atoms with Crippen LogP contribution in [0.4, 0.5) is 0 Å². The number of rotatable bonds is 4. The van der Waals surface area contributed by atoms with Gasteiger partial charge in [0, 0.05) is 0 Å². The standard InChI is InChI=1S/C17H23Cl/c1-5-11-12(6-2)14(8-4)17-15(13(11)7-3)9-10-16(17)18/h9-10,16H,5-8H2,1-4H3. The topological polar surface area (TPSA) is 0 Å². The first-order valence-electron chi connectivity index (χ1n) is 7.20. The van der Waals surface area contributed by atoms with Crippen LogP contribution in [0.25, 0.3) is 6.08 Å². The predicted molar refractivity (Wildman–Crippen MR) is 81.6 cm³/mol. The van der Waals surface area contributed by atoms with Gasteiger partial charge in [0.1, 0.15) is 0 Å². The highest BCUT2D eigenvalue weighted by Gasteiger charge is 2.25. The quantitative estimate of drug-likeness (QED) is 0.651. The van der Waals surface area contributed by atoms with Crippen molar-refractivity contribution in [2.75, 3.05) is 0 Å². The third kappa shape index (κ3) is 1.91. The molecule has 1 aromatic carbocycles. The summed E-state index contributed by atoms with van der Waals surface area (Å²) in [5, 5.41) is 0.0801. The normalized spacial score (nSPS) is 17.3. The number of hydrogen-bond acceptors (Lipinski definition) is 0. The van der Waals surface area contributed by atoms with Crippen molar-refractivity contribution in [3.05, 3.63) is 39.5 Å². The summed E-state index contributed by atoms with van der Waals surface area (Å²) in [7, 11) is 0. The molecule has 18 heavy (non-hydrogen) atoms. The molecule has 0 amide bonds. The third-order valence-electron chi connectivity index (χ3n) is 4.16. The van der Waals surface area contributed by atoms with Crippen molar-refractivity contribution in [3.63, 3.8) is 0 Å². The number of alkyl halides is 1. The van der Waals surface area contributed by atoms with Crippen LogP contribution in [0.2, 0.25) is 0 Å². The lowest BCUT2D eigenvalue weighted by Gasteiger charge is -2.22. The zero-order chi connectivity index (χ0) is 13.3. The summed E-state index contributed by atoms with van der Waals surface area (Å²) in [5.41, 5.74) is 8.98. The smallest absolute Gasteiger partial charge is 0.0778 e. The molecule has 1 heteroatoms. The molecular formula is C17H23Cl. The summed E-state index contributed by atoms with van der Waals surface area (Å²) in [6, 6.07) is 0. The second-order valence-electron chi connectivity index (χ2n) is 4.92. The maximum Gasteiger partial charge on any atom is 0.0778 e. The molecule has 1 aromatic rings. The molecule has 98 valence electrons. The van der Waals surface area contributed by atoms with Crippen molar-refractivity contribution in [1.82, 2.24) is 0 Å². The van der Waals surface area contributed by atoms with E-state index >= 15 is 0 Å². The van der Waals surface area contributed by atoms with Gasteiger partial charge in [-0.15, -0.1) is 11.6 Å². The van der Waals surface area contributed by atoms with Crippen molar-refractivity contribution in [2.24, 2.45) is 0 Å². The Morgan fingerprint density at radius 1 is 0.833 bits per heavy atom. The molecule has 0 spiro atoms. The summed E-state index contributed by atoms with van der Waals surface area (Å²) in [6.07, 6.45) is 8.83. The van der Waals surface area contributed by atoms with E-state index in [1.54, 1.807) is 11.1 Å². The zero-order valence-corrected chi connectivity index (χ0v) is 12.7. The fraction of sp³-hybridized carbons (Fsp3) is 0.529. The highest BCUT2D eigenvalue weighted by Crippen LogP contribution is 2.42. The van der Waals surface area contributed by atoms with Gasteiger partial charge in [-0.25, -0.2) is 0 Å². The van der Waals surface area contributed by atoms with Gasteiger partial charge in [0.25, 0.3) is 0 Å². The molecule has 2 rings (SSSR count). The van der Waals surface area contributed by atoms with Crippen LogP contribution in [0.5, 0.6) is 0 Å². The Morgan fingerprint density at radius 3 is 1.83 bits per heavy atom. The summed E-state index contributed by atoms with van der Waals surface area (Å²) < 4.78 is 0. The third-order valence-corrected chi connectivity index (χ3v) is 4.52. The minimum absolute atomic E-state index is 0.0801. The maximum atomic E-state index is 6.49. The lowest BCUT2D eigenvalue weighted by atomic mass is 9.83. The van der Waals surface area contributed by atoms with Gasteiger partial charge in [0.2, 0.25) is 0 Å². The summed E-state index contributed by atoms with van der Waals surface area (Å²) >= 11 is 6.49. The molecule has 0 aliphatic heterocycles. The van der Waals surface area contributed by atoms with Crippen LogP contribution in [0.3, 0.4) is 0 Å². The van der Waals surface area contributed by atoms with Gasteiger partial charge in [0.05, 0.1) is 5.38 Å². The predicted octanol–water partition coefficient (Wildman–Crippen LogP) is 5.24. The number of hydrogen-bond donors (Lipinski definition) is 0. The fourth-order valence-corrected chi connectivity index (χ4v) is 3.78. The van der Waals surface area contributed by atoms with Crippen LogP contribution < -0.4 is 0 Å². The second kappa shape index (κ2) is 5.48. The SMILES string of the molecule is CCc1c2c(c(CC)c(CC)c1CC)C(Cl)C=C2. The molecule has 0 bridgehead atoms. The molecule has 0 nitrogen and oxygen atoms in total. The molecule has 1 aliphatic rings. The highest BCUT2D eigenvalue weighted by molar-refractivity contribution is 6.23. The van der Waals surface area contributed by atoms with Gasteiger partial charge in [-0.1, -0.05) is 39.8 Å². The Balaban J connectivity index is 2.81. The van der Waals surface area contributed by atoms with Gasteiger partial charge in [-0.2, -0.15) is 0 Å². The van der Waals surface area contributed by atoms with Crippen molar-refractivity contribution in [3.8, 4) is 0 Å². The maximum absolute atomic E-state index is 6.49. The van der Waals surface area contributed by atoms with Gasteiger partial charge < -0.3 is 0 Å². The van der Waals surface area contributed by atoms with Crippen LogP contribution in [-0.2, 0) is 25.7 Å². The van der Waals surface area contributed by atoms with E-state index < -0.39 is 0 Å². The molecule has 0 N–H and O–H groups in total. The molecular weight excluding hydrogens is 240 g/mol. The van der Waals surface area contributed by atoms with Gasteiger partial charge in [-0.3, -0.25) is 0 Å². The molecule has 1 unspecified atom stereocenters. The second-order valence-corrected chi connectivity index (χ2v) is 5.39. The summed E-state index contributed by atoms with van der Waals surface area (Å²) in [4.78, 5) is 0. The monoisotopic (exact) mass is 262 g/mol. The van der Waals surface area contributed by atoms with E-state index in [0.717, 1.165) is 25.7 Å². The van der Waals surface area contributed by atoms with Gasteiger partial charge >= 0.3 is 0 Å². The zero-order valence-electron chi connectivity index (χ0n) is 11.9. The average molecular weight is 263 g/mol. The minimum Gasteiger partial charge on any atom is -0.113 e. The molecule has 0 saturated heterocycles. The van der Waals surface area contributed by atoms with E-state index in [1.807, 2.05) is 0 Å². The summed E-state index contributed by atoms with van der Waals surface area (Å²) in [6.45, 7) is 9.05. The Bertz CT molecular complexity index is 483. The van der Waals surface area contributed by atoms with Gasteiger partial charge in [-0.05, 0) is 59.1 Å². The van der Waals surface area contributed by atoms with E-state index in [-0.39, 0.29) is 5.38 Å². The number of halogens is 1. The number of fused-ring (bicyclic) bond motifs is 1. The van der Waals surface area contributed by atoms with Crippen molar-refractivity contribution in [2.45, 2.75) is 58.8 Å². The Kier molecular flexibility index (Phi) is 4.17. The molecule has 1 atom stereocenters. The van der Waals surface area contributed by atoms with Gasteiger partial charge in [0.15, 0.2) is 0 Å². The molecule has 0 heterocycles. The fourth-order valence-electron chi connectivity index (χ4n) is 3.46. The first-order valence-corrected chi connectivity index (χ1v) is 7.64. The van der Waals surface area contributed by atoms with Crippen molar-refractivity contribution < 1.29 is 0 Å². The van der Waals surface area contributed by atoms with E-state index in [4.69, 9.17) is 11.6 Å². The first-order chi connectivity index (χ1) is 8.69. The lowest BCUT2D eigenvalue weighted by molar-refractivity contribution is 0.922. The van der Waals surface area contributed by atoms with Crippen molar-refractivity contribution in [1.29, 1.82) is 0 Å². The molecule has 0 radical (unpaired) electrons. The lowest BCUT2D eigenvalue weighted by Crippen LogP contribution is -2.09. The Hall–Kier alpha value is -0.750. The molecule has 1 aliphatic carbocycles. The minimum atomic E-state index is 0.0801. The molecule has 0 fully saturated rings.